The summed E-state index contributed by atoms with van der Waals surface area (Å²) < 4.78 is 13.7. The highest BCUT2D eigenvalue weighted by Crippen LogP contribution is 2.34. The van der Waals surface area contributed by atoms with Gasteiger partial charge < -0.3 is 5.73 Å². The SMILES string of the molecule is NCc1c(-c2cccc(F)c2)csc1Cl. The first-order valence-corrected chi connectivity index (χ1v) is 5.70. The molecule has 0 amide bonds. The van der Waals surface area contributed by atoms with Gasteiger partial charge in [-0.25, -0.2) is 4.39 Å². The highest BCUT2D eigenvalue weighted by atomic mass is 35.5. The Bertz CT molecular complexity index is 481. The van der Waals surface area contributed by atoms with Crippen LogP contribution in [0.25, 0.3) is 11.1 Å². The smallest absolute Gasteiger partial charge is 0.123 e. The number of hydrogen-bond acceptors (Lipinski definition) is 2. The highest BCUT2D eigenvalue weighted by molar-refractivity contribution is 7.15. The summed E-state index contributed by atoms with van der Waals surface area (Å²) in [7, 11) is 0. The Hall–Kier alpha value is -0.900. The van der Waals surface area contributed by atoms with Gasteiger partial charge in [0, 0.05) is 17.5 Å². The predicted octanol–water partition coefficient (Wildman–Crippen LogP) is 3.67. The van der Waals surface area contributed by atoms with Crippen LogP contribution < -0.4 is 5.73 Å². The van der Waals surface area contributed by atoms with E-state index in [0.717, 1.165) is 16.7 Å². The fraction of sp³-hybridized carbons (Fsp3) is 0.0909. The Morgan fingerprint density at radius 1 is 1.40 bits per heavy atom. The first kappa shape index (κ1) is 10.6. The number of nitrogens with two attached hydrogens (primary N) is 1. The Morgan fingerprint density at radius 2 is 2.20 bits per heavy atom. The Morgan fingerprint density at radius 3 is 2.87 bits per heavy atom. The van der Waals surface area contributed by atoms with E-state index in [1.165, 1.54) is 23.5 Å². The second-order valence-corrected chi connectivity index (χ2v) is 4.60. The van der Waals surface area contributed by atoms with Gasteiger partial charge in [-0.15, -0.1) is 11.3 Å². The van der Waals surface area contributed by atoms with Gasteiger partial charge >= 0.3 is 0 Å². The van der Waals surface area contributed by atoms with E-state index >= 15 is 0 Å². The molecule has 0 unspecified atom stereocenters. The van der Waals surface area contributed by atoms with Crippen molar-refractivity contribution in [2.75, 3.05) is 0 Å². The van der Waals surface area contributed by atoms with Crippen LogP contribution in [0.2, 0.25) is 4.34 Å². The molecule has 0 radical (unpaired) electrons. The molecule has 1 nitrogen and oxygen atoms in total. The van der Waals surface area contributed by atoms with Crippen molar-refractivity contribution in [3.05, 3.63) is 45.4 Å². The van der Waals surface area contributed by atoms with E-state index in [-0.39, 0.29) is 5.82 Å². The molecule has 15 heavy (non-hydrogen) atoms. The lowest BCUT2D eigenvalue weighted by Gasteiger charge is -2.02. The molecule has 2 N–H and O–H groups in total. The minimum absolute atomic E-state index is 0.252. The number of halogens is 2. The molecule has 1 aromatic carbocycles. The third-order valence-corrected chi connectivity index (χ3v) is 3.48. The maximum atomic E-state index is 13.0. The molecule has 0 saturated carbocycles. The zero-order valence-corrected chi connectivity index (χ0v) is 9.41. The first-order chi connectivity index (χ1) is 7.22. The quantitative estimate of drug-likeness (QED) is 0.853. The van der Waals surface area contributed by atoms with Crippen molar-refractivity contribution >= 4 is 22.9 Å². The van der Waals surface area contributed by atoms with E-state index < -0.39 is 0 Å². The van der Waals surface area contributed by atoms with Crippen molar-refractivity contribution in [1.82, 2.24) is 0 Å². The molecule has 0 aliphatic carbocycles. The van der Waals surface area contributed by atoms with E-state index in [0.29, 0.717) is 10.9 Å². The van der Waals surface area contributed by atoms with Crippen LogP contribution in [0.15, 0.2) is 29.6 Å². The first-order valence-electron chi connectivity index (χ1n) is 4.44. The van der Waals surface area contributed by atoms with Gasteiger partial charge in [0.2, 0.25) is 0 Å². The van der Waals surface area contributed by atoms with Crippen LogP contribution in [0.3, 0.4) is 0 Å². The minimum atomic E-state index is -0.252. The fourth-order valence-electron chi connectivity index (χ4n) is 1.45. The second-order valence-electron chi connectivity index (χ2n) is 3.12. The topological polar surface area (TPSA) is 26.0 Å². The molecule has 2 rings (SSSR count). The van der Waals surface area contributed by atoms with Gasteiger partial charge in [-0.1, -0.05) is 23.7 Å². The van der Waals surface area contributed by atoms with Gasteiger partial charge in [-0.05, 0) is 23.3 Å². The predicted molar refractivity (Wildman–Crippen MR) is 62.6 cm³/mol. The average Bonchev–Trinajstić information content (AvgIpc) is 2.59. The van der Waals surface area contributed by atoms with Crippen LogP contribution in [-0.4, -0.2) is 0 Å². The van der Waals surface area contributed by atoms with Gasteiger partial charge in [0.05, 0.1) is 4.34 Å². The molecule has 78 valence electrons. The zero-order chi connectivity index (χ0) is 10.8. The summed E-state index contributed by atoms with van der Waals surface area (Å²) in [5.74, 6) is -0.252. The summed E-state index contributed by atoms with van der Waals surface area (Å²) in [6, 6.07) is 6.42. The summed E-state index contributed by atoms with van der Waals surface area (Å²) in [6.45, 7) is 0.369. The molecule has 0 aliphatic rings. The summed E-state index contributed by atoms with van der Waals surface area (Å²) >= 11 is 7.40. The molecule has 1 heterocycles. The third-order valence-electron chi connectivity index (χ3n) is 2.18. The van der Waals surface area contributed by atoms with E-state index in [2.05, 4.69) is 0 Å². The van der Waals surface area contributed by atoms with E-state index in [1.807, 2.05) is 11.4 Å². The Labute approximate surface area is 96.3 Å². The zero-order valence-electron chi connectivity index (χ0n) is 7.84. The number of rotatable bonds is 2. The Kier molecular flexibility index (Phi) is 3.05. The van der Waals surface area contributed by atoms with Crippen molar-refractivity contribution in [2.24, 2.45) is 5.73 Å². The lowest BCUT2D eigenvalue weighted by molar-refractivity contribution is 0.628. The number of thiophene rings is 1. The molecule has 0 spiro atoms. The highest BCUT2D eigenvalue weighted by Gasteiger charge is 2.10. The van der Waals surface area contributed by atoms with Gasteiger partial charge in [0.1, 0.15) is 5.82 Å². The van der Waals surface area contributed by atoms with E-state index in [4.69, 9.17) is 17.3 Å². The lowest BCUT2D eigenvalue weighted by atomic mass is 10.0. The van der Waals surface area contributed by atoms with Crippen LogP contribution in [0, 0.1) is 5.82 Å². The van der Waals surface area contributed by atoms with Gasteiger partial charge in [0.25, 0.3) is 0 Å². The summed E-state index contributed by atoms with van der Waals surface area (Å²) in [5, 5.41) is 1.90. The van der Waals surface area contributed by atoms with Crippen LogP contribution >= 0.6 is 22.9 Å². The fourth-order valence-corrected chi connectivity index (χ4v) is 2.60. The van der Waals surface area contributed by atoms with Crippen LogP contribution in [-0.2, 0) is 6.54 Å². The normalized spacial score (nSPS) is 10.6. The maximum Gasteiger partial charge on any atom is 0.123 e. The molecular formula is C11H9ClFNS. The molecule has 0 aliphatic heterocycles. The van der Waals surface area contributed by atoms with Crippen molar-refractivity contribution in [3.63, 3.8) is 0 Å². The summed E-state index contributed by atoms with van der Waals surface area (Å²) in [4.78, 5) is 0. The minimum Gasteiger partial charge on any atom is -0.326 e. The largest absolute Gasteiger partial charge is 0.326 e. The van der Waals surface area contributed by atoms with Gasteiger partial charge in [0.15, 0.2) is 0 Å². The third kappa shape index (κ3) is 2.04. The van der Waals surface area contributed by atoms with Crippen molar-refractivity contribution in [3.8, 4) is 11.1 Å². The summed E-state index contributed by atoms with van der Waals surface area (Å²) in [6.07, 6.45) is 0. The lowest BCUT2D eigenvalue weighted by Crippen LogP contribution is -1.96. The van der Waals surface area contributed by atoms with Crippen LogP contribution in [0.5, 0.6) is 0 Å². The molecule has 2 aromatic rings. The average molecular weight is 242 g/mol. The van der Waals surface area contributed by atoms with Crippen LogP contribution in [0.4, 0.5) is 4.39 Å². The molecule has 0 fully saturated rings. The van der Waals surface area contributed by atoms with Crippen molar-refractivity contribution in [1.29, 1.82) is 0 Å². The molecule has 0 bridgehead atoms. The number of benzene rings is 1. The Balaban J connectivity index is 2.54. The van der Waals surface area contributed by atoms with Crippen molar-refractivity contribution < 1.29 is 4.39 Å². The molecule has 1 aromatic heterocycles. The molecule has 0 atom stereocenters. The summed E-state index contributed by atoms with van der Waals surface area (Å²) in [5.41, 5.74) is 8.22. The van der Waals surface area contributed by atoms with Crippen molar-refractivity contribution in [2.45, 2.75) is 6.54 Å². The van der Waals surface area contributed by atoms with Gasteiger partial charge in [-0.3, -0.25) is 0 Å². The van der Waals surface area contributed by atoms with E-state index in [1.54, 1.807) is 6.07 Å². The monoisotopic (exact) mass is 241 g/mol. The standard InChI is InChI=1S/C11H9ClFNS/c12-11-9(5-14)10(6-15-11)7-2-1-3-8(13)4-7/h1-4,6H,5,14H2. The van der Waals surface area contributed by atoms with E-state index in [9.17, 15) is 4.39 Å². The maximum absolute atomic E-state index is 13.0. The molecule has 0 saturated heterocycles. The molecule has 4 heteroatoms. The molecular weight excluding hydrogens is 233 g/mol. The number of hydrogen-bond donors (Lipinski definition) is 1. The van der Waals surface area contributed by atoms with Crippen LogP contribution in [0.1, 0.15) is 5.56 Å². The van der Waals surface area contributed by atoms with Gasteiger partial charge in [-0.2, -0.15) is 0 Å². The second kappa shape index (κ2) is 4.31.